The van der Waals surface area contributed by atoms with Crippen LogP contribution in [0.2, 0.25) is 0 Å². The lowest BCUT2D eigenvalue weighted by atomic mass is 9.86. The number of pyridine rings is 1. The second-order valence-corrected chi connectivity index (χ2v) is 6.98. The van der Waals surface area contributed by atoms with E-state index in [0.29, 0.717) is 5.88 Å². The fourth-order valence-electron chi connectivity index (χ4n) is 2.02. The molecule has 0 amide bonds. The highest BCUT2D eigenvalue weighted by molar-refractivity contribution is 9.10. The Balaban J connectivity index is 2.42. The fourth-order valence-corrected chi connectivity index (χ4v) is 2.23. The van der Waals surface area contributed by atoms with Gasteiger partial charge >= 0.3 is 0 Å². The predicted octanol–water partition coefficient (Wildman–Crippen LogP) is 5.55. The van der Waals surface area contributed by atoms with Crippen LogP contribution in [0.5, 0.6) is 11.6 Å². The van der Waals surface area contributed by atoms with Gasteiger partial charge in [0, 0.05) is 22.3 Å². The third-order valence-electron chi connectivity index (χ3n) is 3.18. The Morgan fingerprint density at radius 3 is 2.40 bits per heavy atom. The Bertz CT molecular complexity index is 629. The number of aryl methyl sites for hydroxylation is 2. The normalized spacial score (nSPS) is 11.5. The fraction of sp³-hybridized carbons (Fsp3) is 0.353. The molecular weight excluding hydrogens is 314 g/mol. The number of aromatic nitrogens is 1. The SMILES string of the molecule is Cc1ccc(C(C)(C)C)c(Oc2cc(C)c(Br)cn2)c1. The van der Waals surface area contributed by atoms with E-state index in [1.807, 2.05) is 13.0 Å². The average molecular weight is 334 g/mol. The predicted molar refractivity (Wildman–Crippen MR) is 86.6 cm³/mol. The van der Waals surface area contributed by atoms with Crippen LogP contribution in [0.15, 0.2) is 34.9 Å². The molecule has 2 rings (SSSR count). The molecule has 0 unspecified atom stereocenters. The quantitative estimate of drug-likeness (QED) is 0.718. The summed E-state index contributed by atoms with van der Waals surface area (Å²) < 4.78 is 7.01. The van der Waals surface area contributed by atoms with Gasteiger partial charge in [0.15, 0.2) is 0 Å². The number of benzene rings is 1. The Morgan fingerprint density at radius 1 is 1.10 bits per heavy atom. The van der Waals surface area contributed by atoms with Crippen LogP contribution in [0, 0.1) is 13.8 Å². The van der Waals surface area contributed by atoms with Gasteiger partial charge in [0.25, 0.3) is 0 Å². The standard InChI is InChI=1S/C17H20BrNO/c1-11-6-7-13(17(3,4)5)15(8-11)20-16-9-12(2)14(18)10-19-16/h6-10H,1-5H3. The van der Waals surface area contributed by atoms with Gasteiger partial charge in [-0.1, -0.05) is 32.9 Å². The molecule has 2 nitrogen and oxygen atoms in total. The number of rotatable bonds is 2. The van der Waals surface area contributed by atoms with Gasteiger partial charge in [-0.2, -0.15) is 0 Å². The average Bonchev–Trinajstić information content (AvgIpc) is 2.32. The molecule has 20 heavy (non-hydrogen) atoms. The van der Waals surface area contributed by atoms with E-state index in [1.54, 1.807) is 6.20 Å². The molecule has 0 radical (unpaired) electrons. The second kappa shape index (κ2) is 5.57. The van der Waals surface area contributed by atoms with Crippen molar-refractivity contribution in [3.63, 3.8) is 0 Å². The summed E-state index contributed by atoms with van der Waals surface area (Å²) in [6.07, 6.45) is 1.78. The molecule has 0 atom stereocenters. The van der Waals surface area contributed by atoms with Crippen molar-refractivity contribution >= 4 is 15.9 Å². The summed E-state index contributed by atoms with van der Waals surface area (Å²) >= 11 is 3.45. The van der Waals surface area contributed by atoms with E-state index < -0.39 is 0 Å². The minimum atomic E-state index is 0.0352. The summed E-state index contributed by atoms with van der Waals surface area (Å²) in [5.74, 6) is 1.51. The highest BCUT2D eigenvalue weighted by Crippen LogP contribution is 2.34. The highest BCUT2D eigenvalue weighted by Gasteiger charge is 2.19. The van der Waals surface area contributed by atoms with Gasteiger partial charge in [-0.05, 0) is 52.4 Å². The highest BCUT2D eigenvalue weighted by atomic mass is 79.9. The van der Waals surface area contributed by atoms with Crippen molar-refractivity contribution in [2.45, 2.75) is 40.0 Å². The van der Waals surface area contributed by atoms with Crippen LogP contribution in [0.4, 0.5) is 0 Å². The molecule has 0 fully saturated rings. The topological polar surface area (TPSA) is 22.1 Å². The molecule has 3 heteroatoms. The zero-order valence-corrected chi connectivity index (χ0v) is 14.2. The second-order valence-electron chi connectivity index (χ2n) is 6.12. The number of nitrogens with zero attached hydrogens (tertiary/aromatic N) is 1. The van der Waals surface area contributed by atoms with E-state index in [-0.39, 0.29) is 5.41 Å². The first-order valence-corrected chi connectivity index (χ1v) is 7.48. The molecule has 0 aliphatic rings. The lowest BCUT2D eigenvalue weighted by Crippen LogP contribution is -2.12. The molecule has 0 saturated carbocycles. The molecule has 0 spiro atoms. The summed E-state index contributed by atoms with van der Waals surface area (Å²) in [6.45, 7) is 10.7. The van der Waals surface area contributed by atoms with Crippen molar-refractivity contribution in [1.82, 2.24) is 4.98 Å². The number of hydrogen-bond acceptors (Lipinski definition) is 2. The number of hydrogen-bond donors (Lipinski definition) is 0. The minimum Gasteiger partial charge on any atom is -0.439 e. The van der Waals surface area contributed by atoms with Gasteiger partial charge in [0.2, 0.25) is 5.88 Å². The maximum Gasteiger partial charge on any atom is 0.219 e. The molecule has 0 N–H and O–H groups in total. The molecule has 0 bridgehead atoms. The Labute approximate surface area is 129 Å². The minimum absolute atomic E-state index is 0.0352. The van der Waals surface area contributed by atoms with Crippen LogP contribution < -0.4 is 4.74 Å². The zero-order chi connectivity index (χ0) is 14.9. The summed E-state index contributed by atoms with van der Waals surface area (Å²) in [5.41, 5.74) is 3.51. The third-order valence-corrected chi connectivity index (χ3v) is 4.01. The third kappa shape index (κ3) is 3.40. The van der Waals surface area contributed by atoms with Crippen LogP contribution in [-0.2, 0) is 5.41 Å². The van der Waals surface area contributed by atoms with E-state index in [0.717, 1.165) is 15.8 Å². The first-order valence-electron chi connectivity index (χ1n) is 6.68. The smallest absolute Gasteiger partial charge is 0.219 e. The van der Waals surface area contributed by atoms with Gasteiger partial charge < -0.3 is 4.74 Å². The largest absolute Gasteiger partial charge is 0.439 e. The van der Waals surface area contributed by atoms with Crippen LogP contribution in [0.1, 0.15) is 37.5 Å². The van der Waals surface area contributed by atoms with E-state index in [4.69, 9.17) is 4.74 Å². The van der Waals surface area contributed by atoms with Gasteiger partial charge in [0.05, 0.1) is 0 Å². The van der Waals surface area contributed by atoms with E-state index in [2.05, 4.69) is 66.8 Å². The Morgan fingerprint density at radius 2 is 1.80 bits per heavy atom. The maximum absolute atomic E-state index is 6.02. The lowest BCUT2D eigenvalue weighted by molar-refractivity contribution is 0.439. The van der Waals surface area contributed by atoms with E-state index in [9.17, 15) is 0 Å². The van der Waals surface area contributed by atoms with E-state index >= 15 is 0 Å². The van der Waals surface area contributed by atoms with Crippen molar-refractivity contribution in [1.29, 1.82) is 0 Å². The van der Waals surface area contributed by atoms with Crippen LogP contribution in [-0.4, -0.2) is 4.98 Å². The maximum atomic E-state index is 6.02. The molecule has 1 heterocycles. The Hall–Kier alpha value is -1.35. The van der Waals surface area contributed by atoms with Crippen molar-refractivity contribution in [3.05, 3.63) is 51.6 Å². The van der Waals surface area contributed by atoms with Crippen LogP contribution in [0.25, 0.3) is 0 Å². The Kier molecular flexibility index (Phi) is 4.19. The molecule has 2 aromatic rings. The molecular formula is C17H20BrNO. The molecule has 106 valence electrons. The molecule has 0 aliphatic carbocycles. The summed E-state index contributed by atoms with van der Waals surface area (Å²) in [7, 11) is 0. The molecule has 0 aliphatic heterocycles. The first kappa shape index (κ1) is 15.0. The van der Waals surface area contributed by atoms with Crippen molar-refractivity contribution in [2.75, 3.05) is 0 Å². The van der Waals surface area contributed by atoms with Gasteiger partial charge in [-0.15, -0.1) is 0 Å². The molecule has 0 saturated heterocycles. The van der Waals surface area contributed by atoms with Crippen molar-refractivity contribution in [2.24, 2.45) is 0 Å². The van der Waals surface area contributed by atoms with Gasteiger partial charge in [-0.25, -0.2) is 4.98 Å². The number of ether oxygens (including phenoxy) is 1. The van der Waals surface area contributed by atoms with Gasteiger partial charge in [-0.3, -0.25) is 0 Å². The lowest BCUT2D eigenvalue weighted by Gasteiger charge is -2.23. The first-order chi connectivity index (χ1) is 9.27. The zero-order valence-electron chi connectivity index (χ0n) is 12.6. The monoisotopic (exact) mass is 333 g/mol. The van der Waals surface area contributed by atoms with Crippen molar-refractivity contribution < 1.29 is 4.74 Å². The number of halogens is 1. The summed E-state index contributed by atoms with van der Waals surface area (Å²) in [6, 6.07) is 8.27. The van der Waals surface area contributed by atoms with Crippen molar-refractivity contribution in [3.8, 4) is 11.6 Å². The molecule has 1 aromatic carbocycles. The van der Waals surface area contributed by atoms with E-state index in [1.165, 1.54) is 11.1 Å². The van der Waals surface area contributed by atoms with Crippen LogP contribution >= 0.6 is 15.9 Å². The summed E-state index contributed by atoms with van der Waals surface area (Å²) in [4.78, 5) is 4.32. The molecule has 1 aromatic heterocycles. The van der Waals surface area contributed by atoms with Crippen LogP contribution in [0.3, 0.4) is 0 Å². The summed E-state index contributed by atoms with van der Waals surface area (Å²) in [5, 5.41) is 0. The van der Waals surface area contributed by atoms with Gasteiger partial charge in [0.1, 0.15) is 5.75 Å².